The maximum Gasteiger partial charge on any atom is 0.227 e. The van der Waals surface area contributed by atoms with Crippen molar-refractivity contribution in [3.63, 3.8) is 0 Å². The van der Waals surface area contributed by atoms with Crippen LogP contribution in [0.25, 0.3) is 0 Å². The molecular weight excluding hydrogens is 386 g/mol. The minimum Gasteiger partial charge on any atom is -0.424 e. The fourth-order valence-electron chi connectivity index (χ4n) is 3.77. The first-order chi connectivity index (χ1) is 14.2. The summed E-state index contributed by atoms with van der Waals surface area (Å²) in [7, 11) is 0. The monoisotopic (exact) mass is 409 g/mol. The van der Waals surface area contributed by atoms with Crippen LogP contribution in [0.3, 0.4) is 0 Å². The van der Waals surface area contributed by atoms with Gasteiger partial charge in [0.1, 0.15) is 0 Å². The predicted octanol–water partition coefficient (Wildman–Crippen LogP) is 4.48. The maximum atomic E-state index is 12.1. The number of hydrogen-bond donors (Lipinski definition) is 1. The Morgan fingerprint density at radius 1 is 1.03 bits per heavy atom. The molecule has 0 saturated heterocycles. The van der Waals surface area contributed by atoms with E-state index in [9.17, 15) is 4.79 Å². The third-order valence-electron chi connectivity index (χ3n) is 5.62. The molecule has 6 heteroatoms. The molecule has 0 unspecified atom stereocenters. The Kier molecular flexibility index (Phi) is 5.95. The largest absolute Gasteiger partial charge is 0.424 e. The molecule has 1 N–H and O–H groups in total. The van der Waals surface area contributed by atoms with Gasteiger partial charge in [0, 0.05) is 24.4 Å². The number of carbonyl (C=O) groups is 1. The lowest BCUT2D eigenvalue weighted by molar-refractivity contribution is -0.121. The van der Waals surface area contributed by atoms with E-state index in [1.807, 2.05) is 42.5 Å². The van der Waals surface area contributed by atoms with Crippen molar-refractivity contribution in [2.75, 3.05) is 6.54 Å². The van der Waals surface area contributed by atoms with Gasteiger partial charge in [0.05, 0.1) is 5.41 Å². The molecule has 0 aliphatic heterocycles. The highest BCUT2D eigenvalue weighted by atomic mass is 35.5. The summed E-state index contributed by atoms with van der Waals surface area (Å²) in [6, 6.07) is 18.0. The van der Waals surface area contributed by atoms with E-state index in [-0.39, 0.29) is 11.3 Å². The van der Waals surface area contributed by atoms with Crippen molar-refractivity contribution >= 4 is 17.5 Å². The second-order valence-electron chi connectivity index (χ2n) is 7.53. The van der Waals surface area contributed by atoms with Crippen molar-refractivity contribution < 1.29 is 9.21 Å². The van der Waals surface area contributed by atoms with E-state index in [0.29, 0.717) is 36.2 Å². The summed E-state index contributed by atoms with van der Waals surface area (Å²) >= 11 is 6.03. The summed E-state index contributed by atoms with van der Waals surface area (Å²) in [4.78, 5) is 12.1. The van der Waals surface area contributed by atoms with Crippen molar-refractivity contribution in [2.45, 2.75) is 43.9 Å². The Bertz CT molecular complexity index is 950. The number of aryl methyl sites for hydroxylation is 1. The number of nitrogens with one attached hydrogen (secondary N) is 1. The number of hydrogen-bond acceptors (Lipinski definition) is 4. The van der Waals surface area contributed by atoms with Gasteiger partial charge in [-0.2, -0.15) is 0 Å². The number of aromatic nitrogens is 2. The second kappa shape index (κ2) is 8.78. The van der Waals surface area contributed by atoms with Crippen LogP contribution in [0.4, 0.5) is 0 Å². The quantitative estimate of drug-likeness (QED) is 0.595. The highest BCUT2D eigenvalue weighted by Gasteiger charge is 2.45. The standard InChI is InChI=1S/C23H24ClN3O2/c24-19-9-7-18(8-10-19)23(14-4-15-23)22-27-26-21(29-22)12-11-20(28)25-16-13-17-5-2-1-3-6-17/h1-3,5-10H,4,11-16H2,(H,25,28). The molecule has 1 aliphatic carbocycles. The number of nitrogens with zero attached hydrogens (tertiary/aromatic N) is 2. The molecule has 1 aliphatic rings. The Morgan fingerprint density at radius 3 is 2.48 bits per heavy atom. The third kappa shape index (κ3) is 4.51. The third-order valence-corrected chi connectivity index (χ3v) is 5.88. The van der Waals surface area contributed by atoms with Gasteiger partial charge >= 0.3 is 0 Å². The summed E-state index contributed by atoms with van der Waals surface area (Å²) in [5.74, 6) is 1.15. The van der Waals surface area contributed by atoms with E-state index in [2.05, 4.69) is 27.6 Å². The predicted molar refractivity (Wildman–Crippen MR) is 112 cm³/mol. The van der Waals surface area contributed by atoms with Gasteiger partial charge in [-0.25, -0.2) is 0 Å². The molecule has 1 saturated carbocycles. The van der Waals surface area contributed by atoms with Crippen molar-refractivity contribution in [2.24, 2.45) is 0 Å². The van der Waals surface area contributed by atoms with Gasteiger partial charge in [0.25, 0.3) is 0 Å². The maximum absolute atomic E-state index is 12.1. The van der Waals surface area contributed by atoms with E-state index in [0.717, 1.165) is 31.2 Å². The number of carbonyl (C=O) groups excluding carboxylic acids is 1. The molecule has 1 heterocycles. The molecule has 5 nitrogen and oxygen atoms in total. The topological polar surface area (TPSA) is 68.0 Å². The average molecular weight is 410 g/mol. The van der Waals surface area contributed by atoms with Gasteiger partial charge in [-0.15, -0.1) is 10.2 Å². The van der Waals surface area contributed by atoms with Crippen LogP contribution >= 0.6 is 11.6 Å². The van der Waals surface area contributed by atoms with Gasteiger partial charge in [-0.05, 0) is 42.5 Å². The van der Waals surface area contributed by atoms with Crippen LogP contribution in [-0.4, -0.2) is 22.6 Å². The molecule has 1 fully saturated rings. The Morgan fingerprint density at radius 2 is 1.79 bits per heavy atom. The van der Waals surface area contributed by atoms with E-state index in [4.69, 9.17) is 16.0 Å². The molecule has 4 rings (SSSR count). The van der Waals surface area contributed by atoms with E-state index >= 15 is 0 Å². The summed E-state index contributed by atoms with van der Waals surface area (Å²) < 4.78 is 5.96. The fourth-order valence-corrected chi connectivity index (χ4v) is 3.90. The van der Waals surface area contributed by atoms with Crippen LogP contribution in [0.15, 0.2) is 59.0 Å². The highest BCUT2D eigenvalue weighted by Crippen LogP contribution is 2.48. The first-order valence-electron chi connectivity index (χ1n) is 10.1. The average Bonchev–Trinajstić information content (AvgIpc) is 3.17. The molecule has 0 radical (unpaired) electrons. The molecule has 150 valence electrons. The molecular formula is C23H24ClN3O2. The number of amides is 1. The lowest BCUT2D eigenvalue weighted by Gasteiger charge is -2.39. The molecule has 3 aromatic rings. The van der Waals surface area contributed by atoms with Crippen LogP contribution in [0, 0.1) is 0 Å². The Hall–Kier alpha value is -2.66. The highest BCUT2D eigenvalue weighted by molar-refractivity contribution is 6.30. The number of halogens is 1. The van der Waals surface area contributed by atoms with Crippen molar-refractivity contribution in [1.29, 1.82) is 0 Å². The molecule has 0 bridgehead atoms. The number of benzene rings is 2. The van der Waals surface area contributed by atoms with Gasteiger partial charge in [0.15, 0.2) is 0 Å². The SMILES string of the molecule is O=C(CCc1nnc(C2(c3ccc(Cl)cc3)CCC2)o1)NCCc1ccccc1. The Labute approximate surface area is 175 Å². The zero-order chi connectivity index (χ0) is 20.1. The fraction of sp³-hybridized carbons (Fsp3) is 0.348. The molecule has 0 atom stereocenters. The normalized spacial score (nSPS) is 14.9. The van der Waals surface area contributed by atoms with Crippen LogP contribution in [0.1, 0.15) is 48.6 Å². The van der Waals surface area contributed by atoms with Gasteiger partial charge in [-0.3, -0.25) is 4.79 Å². The molecule has 2 aromatic carbocycles. The molecule has 0 spiro atoms. The van der Waals surface area contributed by atoms with E-state index in [1.54, 1.807) is 0 Å². The van der Waals surface area contributed by atoms with Gasteiger partial charge < -0.3 is 9.73 Å². The second-order valence-corrected chi connectivity index (χ2v) is 7.97. The lowest BCUT2D eigenvalue weighted by Crippen LogP contribution is -2.35. The van der Waals surface area contributed by atoms with Crippen molar-refractivity contribution in [1.82, 2.24) is 15.5 Å². The number of rotatable bonds is 8. The van der Waals surface area contributed by atoms with Crippen LogP contribution in [0.5, 0.6) is 0 Å². The lowest BCUT2D eigenvalue weighted by atomic mass is 9.64. The smallest absolute Gasteiger partial charge is 0.227 e. The van der Waals surface area contributed by atoms with Crippen LogP contribution in [0.2, 0.25) is 5.02 Å². The molecule has 1 aromatic heterocycles. The van der Waals surface area contributed by atoms with E-state index < -0.39 is 0 Å². The zero-order valence-corrected chi connectivity index (χ0v) is 17.0. The molecule has 1 amide bonds. The summed E-state index contributed by atoms with van der Waals surface area (Å²) in [5, 5.41) is 12.2. The van der Waals surface area contributed by atoms with Gasteiger partial charge in [0.2, 0.25) is 17.7 Å². The van der Waals surface area contributed by atoms with Crippen LogP contribution < -0.4 is 5.32 Å². The Balaban J connectivity index is 1.31. The minimum atomic E-state index is -0.215. The first kappa shape index (κ1) is 19.6. The first-order valence-corrected chi connectivity index (χ1v) is 10.4. The minimum absolute atomic E-state index is 0.00302. The van der Waals surface area contributed by atoms with Gasteiger partial charge in [-0.1, -0.05) is 60.5 Å². The summed E-state index contributed by atoms with van der Waals surface area (Å²) in [6.07, 6.45) is 4.70. The summed E-state index contributed by atoms with van der Waals surface area (Å²) in [6.45, 7) is 0.623. The van der Waals surface area contributed by atoms with Crippen molar-refractivity contribution in [3.8, 4) is 0 Å². The van der Waals surface area contributed by atoms with E-state index in [1.165, 1.54) is 5.56 Å². The van der Waals surface area contributed by atoms with Crippen LogP contribution in [-0.2, 0) is 23.1 Å². The summed E-state index contributed by atoms with van der Waals surface area (Å²) in [5.41, 5.74) is 2.15. The zero-order valence-electron chi connectivity index (χ0n) is 16.2. The molecule has 29 heavy (non-hydrogen) atoms. The van der Waals surface area contributed by atoms with Crippen molar-refractivity contribution in [3.05, 3.63) is 82.5 Å².